The number of rotatable bonds is 16. The highest BCUT2D eigenvalue weighted by Gasteiger charge is 2.52. The molecule has 16 heterocycles. The highest BCUT2D eigenvalue weighted by Crippen LogP contribution is 2.45. The van der Waals surface area contributed by atoms with Gasteiger partial charge in [0, 0.05) is 163 Å². The number of piperidine rings is 4. The summed E-state index contributed by atoms with van der Waals surface area (Å²) < 4.78 is 0. The van der Waals surface area contributed by atoms with Crippen LogP contribution in [-0.4, -0.2) is 188 Å². The van der Waals surface area contributed by atoms with Gasteiger partial charge in [-0.15, -0.1) is 34.0 Å². The minimum Gasteiger partial charge on any atom is -0.365 e. The number of thiazole rings is 3. The van der Waals surface area contributed by atoms with E-state index < -0.39 is 0 Å². The number of fused-ring (bicyclic) bond motifs is 8. The molecule has 0 spiro atoms. The van der Waals surface area contributed by atoms with Gasteiger partial charge >= 0.3 is 0 Å². The second-order valence-electron chi connectivity index (χ2n) is 31.7. The first-order valence-electron chi connectivity index (χ1n) is 39.6. The number of nitrogens with zero attached hydrogens (tertiary/aromatic N) is 18. The molecule has 29 heteroatoms. The quantitative estimate of drug-likeness (QED) is 0.0698. The smallest absolute Gasteiger partial charge is 0.273 e. The van der Waals surface area contributed by atoms with Crippen LogP contribution in [0.3, 0.4) is 0 Å². The lowest BCUT2D eigenvalue weighted by atomic mass is 10.0. The molecule has 12 aromatic heterocycles. The molecule has 4 amide bonds. The van der Waals surface area contributed by atoms with E-state index in [9.17, 15) is 19.2 Å². The van der Waals surface area contributed by atoms with E-state index in [0.29, 0.717) is 69.3 Å². The Morgan fingerprint density at radius 2 is 0.793 bits per heavy atom. The number of amides is 4. The van der Waals surface area contributed by atoms with Gasteiger partial charge in [-0.25, -0.2) is 49.8 Å². The van der Waals surface area contributed by atoms with E-state index in [-0.39, 0.29) is 72.0 Å². The van der Waals surface area contributed by atoms with Crippen molar-refractivity contribution in [3.63, 3.8) is 0 Å². The molecule has 4 aliphatic carbocycles. The first kappa shape index (κ1) is 76.8. The summed E-state index contributed by atoms with van der Waals surface area (Å²) in [5, 5.41) is 22.4. The summed E-state index contributed by atoms with van der Waals surface area (Å²) in [6, 6.07) is 28.7. The fourth-order valence-corrected chi connectivity index (χ4v) is 20.3. The number of carbonyl (C=O) groups is 4. The Morgan fingerprint density at radius 3 is 1.28 bits per heavy atom. The van der Waals surface area contributed by atoms with Crippen molar-refractivity contribution >= 4 is 81.0 Å². The van der Waals surface area contributed by atoms with Crippen molar-refractivity contribution in [1.29, 1.82) is 0 Å². The third-order valence-electron chi connectivity index (χ3n) is 23.4. The van der Waals surface area contributed by atoms with Gasteiger partial charge < -0.3 is 40.9 Å². The van der Waals surface area contributed by atoms with Gasteiger partial charge in [0.05, 0.1) is 35.3 Å². The Labute approximate surface area is 685 Å². The average molecular weight is 1600 g/mol. The van der Waals surface area contributed by atoms with Gasteiger partial charge in [0.25, 0.3) is 23.6 Å². The van der Waals surface area contributed by atoms with E-state index in [4.69, 9.17) is 0 Å². The van der Waals surface area contributed by atoms with Crippen molar-refractivity contribution in [2.24, 2.45) is 23.7 Å². The molecule has 590 valence electrons. The van der Waals surface area contributed by atoms with Gasteiger partial charge in [-0.2, -0.15) is 0 Å². The SMILES string of the molecule is Cc1ccc(NC2CC3CC2N(C(=O)c2cccnc2-c2nccs2)C3)nc1.Cc1ccc(NC2CC3CC2N(C(=O)c2nccc(C)c2-c2nccs2)C3)nc1.Cc1ccc(NC2CC3CC2N(C(=O)c2ncccc2-c2nccs2)C3)nc1.Cc1cnc(C(=O)N2CC3CC(Nc4nc(C)cc(C)n4)C2C3)c(-c2ncccn2)c1. The fourth-order valence-electron chi connectivity index (χ4n) is 18.3. The second kappa shape index (κ2) is 33.6. The molecular weight excluding hydrogens is 1510 g/mol. The van der Waals surface area contributed by atoms with Gasteiger partial charge in [0.2, 0.25) is 5.95 Å². The molecule has 12 unspecified atom stereocenters. The molecule has 8 aliphatic rings. The van der Waals surface area contributed by atoms with Crippen LogP contribution in [-0.2, 0) is 0 Å². The highest BCUT2D eigenvalue weighted by atomic mass is 32.1. The molecular formula is C87H90N22O4S3. The molecule has 8 bridgehead atoms. The minimum atomic E-state index is -0.0669. The van der Waals surface area contributed by atoms with Crippen molar-refractivity contribution in [3.8, 4) is 43.2 Å². The lowest BCUT2D eigenvalue weighted by Crippen LogP contribution is -2.48. The molecule has 0 radical (unpaired) electrons. The molecule has 20 rings (SSSR count). The van der Waals surface area contributed by atoms with E-state index in [1.54, 1.807) is 73.2 Å². The largest absolute Gasteiger partial charge is 0.365 e. The number of nitrogens with one attached hydrogen (secondary N) is 4. The van der Waals surface area contributed by atoms with Crippen molar-refractivity contribution in [3.05, 3.63) is 237 Å². The molecule has 26 nitrogen and oxygen atoms in total. The Morgan fingerprint density at radius 1 is 0.362 bits per heavy atom. The monoisotopic (exact) mass is 1600 g/mol. The Bertz CT molecular complexity index is 5310. The molecule has 4 N–H and O–H groups in total. The fraction of sp³-hybridized carbons (Fsp3) is 0.356. The summed E-state index contributed by atoms with van der Waals surface area (Å²) >= 11 is 4.57. The third kappa shape index (κ3) is 16.4. The first-order valence-corrected chi connectivity index (χ1v) is 42.3. The summed E-state index contributed by atoms with van der Waals surface area (Å²) in [5.41, 5.74) is 12.4. The van der Waals surface area contributed by atoms with Crippen LogP contribution in [0.5, 0.6) is 0 Å². The van der Waals surface area contributed by atoms with Crippen LogP contribution in [0, 0.1) is 72.1 Å². The van der Waals surface area contributed by atoms with E-state index in [1.165, 1.54) is 22.7 Å². The molecule has 0 aromatic carbocycles. The predicted octanol–water partition coefficient (Wildman–Crippen LogP) is 14.1. The normalized spacial score (nSPS) is 22.8. The number of hydrogen-bond acceptors (Lipinski definition) is 25. The number of aryl methyl sites for hydroxylation is 7. The Hall–Kier alpha value is -11.8. The zero-order valence-corrected chi connectivity index (χ0v) is 68.0. The number of pyridine rings is 7. The lowest BCUT2D eigenvalue weighted by Gasteiger charge is -2.34. The van der Waals surface area contributed by atoms with Gasteiger partial charge in [0.15, 0.2) is 5.82 Å². The number of hydrogen-bond donors (Lipinski definition) is 4. The zero-order valence-electron chi connectivity index (χ0n) is 65.6. The molecule has 4 saturated heterocycles. The van der Waals surface area contributed by atoms with Crippen LogP contribution in [0.2, 0.25) is 0 Å². The molecule has 8 fully saturated rings. The van der Waals surface area contributed by atoms with E-state index >= 15 is 0 Å². The van der Waals surface area contributed by atoms with E-state index in [2.05, 4.69) is 109 Å². The molecule has 4 aliphatic heterocycles. The maximum Gasteiger partial charge on any atom is 0.273 e. The molecule has 4 saturated carbocycles. The van der Waals surface area contributed by atoms with Crippen molar-refractivity contribution in [2.45, 2.75) is 148 Å². The van der Waals surface area contributed by atoms with Crippen molar-refractivity contribution in [2.75, 3.05) is 47.4 Å². The van der Waals surface area contributed by atoms with Gasteiger partial charge in [-0.3, -0.25) is 39.1 Å². The van der Waals surface area contributed by atoms with Crippen LogP contribution in [0.25, 0.3) is 43.2 Å². The lowest BCUT2D eigenvalue weighted by molar-refractivity contribution is 0.0679. The highest BCUT2D eigenvalue weighted by molar-refractivity contribution is 7.13. The number of anilines is 4. The molecule has 12 aromatic rings. The van der Waals surface area contributed by atoms with E-state index in [1.807, 2.05) is 163 Å². The maximum atomic E-state index is 13.6. The third-order valence-corrected chi connectivity index (χ3v) is 25.8. The maximum absolute atomic E-state index is 13.6. The predicted molar refractivity (Wildman–Crippen MR) is 449 cm³/mol. The van der Waals surface area contributed by atoms with Gasteiger partial charge in [0.1, 0.15) is 55.3 Å². The topological polar surface area (TPSA) is 310 Å². The summed E-state index contributed by atoms with van der Waals surface area (Å²) in [6.07, 6.45) is 29.4. The average Bonchev–Trinajstić information content (AvgIpc) is 1.62. The summed E-state index contributed by atoms with van der Waals surface area (Å²) in [5.74, 6) is 5.84. The zero-order chi connectivity index (χ0) is 79.7. The van der Waals surface area contributed by atoms with Crippen molar-refractivity contribution < 1.29 is 19.2 Å². The molecule has 116 heavy (non-hydrogen) atoms. The van der Waals surface area contributed by atoms with Crippen LogP contribution in [0.15, 0.2) is 175 Å². The summed E-state index contributed by atoms with van der Waals surface area (Å²) in [4.78, 5) is 124. The van der Waals surface area contributed by atoms with Gasteiger partial charge in [-0.1, -0.05) is 18.2 Å². The van der Waals surface area contributed by atoms with Crippen LogP contribution >= 0.6 is 34.0 Å². The van der Waals surface area contributed by atoms with Crippen molar-refractivity contribution in [1.82, 2.24) is 89.4 Å². The standard InChI is InChI=1S/C23H25N7O.C22H23N5OS.2C21H21N5OS/c1-13-7-17(21-24-5-4-6-25-21)20(26-11-13)22(31)30-12-16-9-18(19(30)10-16)29-23-27-14(2)8-15(3)28-23;1-13-3-4-18(25-11-13)26-16-9-15-10-17(16)27(12-15)22(28)20-19(14(2)5-6-23-20)21-24-7-8-29-21;1-13-4-5-18(24-11-13)25-16-9-14-10-17(16)26(12-14)21(27)15-3-2-6-22-19(15)20-23-7-8-28-20;1-13-4-5-18(24-11-13)25-16-9-14-10-17(16)26(12-14)21(27)19-15(3-2-6-22-19)20-23-7-8-28-20/h4-8,11,16,18-19H,9-10,12H2,1-3H3,(H,27,28,29);3-8,11,15-17H,9-10,12H2,1-2H3,(H,25,26);2*2-8,11,14,16-17H,9-10,12H2,1H3,(H,24,25). The second-order valence-corrected chi connectivity index (χ2v) is 34.4. The van der Waals surface area contributed by atoms with Crippen LogP contribution in [0.1, 0.15) is 132 Å². The Kier molecular flexibility index (Phi) is 22.2. The first-order chi connectivity index (χ1) is 56.4. The minimum absolute atomic E-state index is 0.00154. The Balaban J connectivity index is 0.000000111. The summed E-state index contributed by atoms with van der Waals surface area (Å²) in [7, 11) is 0. The molecule has 12 atom stereocenters. The van der Waals surface area contributed by atoms with Crippen LogP contribution in [0.4, 0.5) is 23.4 Å². The summed E-state index contributed by atoms with van der Waals surface area (Å²) in [6.45, 7) is 17.2. The number of carbonyl (C=O) groups excluding carboxylic acids is 4. The number of likely N-dealkylation sites (tertiary alicyclic amines) is 4. The number of aromatic nitrogens is 14. The van der Waals surface area contributed by atoms with E-state index in [0.717, 1.165) is 160 Å². The van der Waals surface area contributed by atoms with Gasteiger partial charge in [-0.05, 0) is 218 Å². The van der Waals surface area contributed by atoms with Crippen LogP contribution < -0.4 is 21.3 Å².